The molecule has 2 aromatic rings. The number of ether oxygens (including phenoxy) is 1. The van der Waals surface area contributed by atoms with Crippen molar-refractivity contribution < 1.29 is 4.74 Å². The molecule has 0 amide bonds. The van der Waals surface area contributed by atoms with Crippen molar-refractivity contribution in [1.82, 2.24) is 14.8 Å². The van der Waals surface area contributed by atoms with Crippen LogP contribution in [-0.4, -0.2) is 21.4 Å². The maximum Gasteiger partial charge on any atom is 0.154 e. The number of nitrogens with two attached hydrogens (primary N) is 1. The molecule has 0 unspecified atom stereocenters. The van der Waals surface area contributed by atoms with Gasteiger partial charge in [0, 0.05) is 25.1 Å². The van der Waals surface area contributed by atoms with Gasteiger partial charge in [0.2, 0.25) is 0 Å². The van der Waals surface area contributed by atoms with Crippen LogP contribution in [0.3, 0.4) is 0 Å². The highest BCUT2D eigenvalue weighted by Gasteiger charge is 2.10. The van der Waals surface area contributed by atoms with Gasteiger partial charge in [-0.3, -0.25) is 4.68 Å². The Morgan fingerprint density at radius 1 is 1.26 bits per heavy atom. The molecule has 0 aliphatic carbocycles. The van der Waals surface area contributed by atoms with Crippen LogP contribution in [0.5, 0.6) is 5.75 Å². The second-order valence-corrected chi connectivity index (χ2v) is 4.83. The third-order valence-electron chi connectivity index (χ3n) is 2.83. The number of hydrogen-bond donors (Lipinski definition) is 1. The van der Waals surface area contributed by atoms with Crippen molar-refractivity contribution in [2.24, 2.45) is 7.05 Å². The summed E-state index contributed by atoms with van der Waals surface area (Å²) in [5.41, 5.74) is 6.35. The van der Waals surface area contributed by atoms with Crippen LogP contribution in [0.2, 0.25) is 0 Å². The Kier molecular flexibility index (Phi) is 4.04. The van der Waals surface area contributed by atoms with E-state index in [1.807, 2.05) is 36.0 Å². The van der Waals surface area contributed by atoms with Crippen molar-refractivity contribution in [2.75, 3.05) is 12.3 Å². The molecule has 0 saturated heterocycles. The zero-order valence-electron chi connectivity index (χ0n) is 11.6. The number of anilines is 1. The van der Waals surface area contributed by atoms with Crippen molar-refractivity contribution in [3.8, 4) is 5.75 Å². The lowest BCUT2D eigenvalue weighted by atomic mass is 10.2. The summed E-state index contributed by atoms with van der Waals surface area (Å²) in [5.74, 6) is 3.02. The quantitative estimate of drug-likeness (QED) is 0.836. The fourth-order valence-corrected chi connectivity index (χ4v) is 1.88. The van der Waals surface area contributed by atoms with Gasteiger partial charge in [0.15, 0.2) is 5.82 Å². The van der Waals surface area contributed by atoms with Gasteiger partial charge < -0.3 is 10.5 Å². The fraction of sp³-hybridized carbons (Fsp3) is 0.429. The van der Waals surface area contributed by atoms with Crippen LogP contribution in [0.15, 0.2) is 24.3 Å². The Labute approximate surface area is 113 Å². The van der Waals surface area contributed by atoms with Crippen molar-refractivity contribution in [3.05, 3.63) is 35.9 Å². The molecule has 0 aliphatic rings. The van der Waals surface area contributed by atoms with Gasteiger partial charge in [-0.15, -0.1) is 0 Å². The smallest absolute Gasteiger partial charge is 0.154 e. The minimum Gasteiger partial charge on any atom is -0.493 e. The number of aromatic nitrogens is 3. The molecule has 0 saturated carbocycles. The van der Waals surface area contributed by atoms with E-state index >= 15 is 0 Å². The second kappa shape index (κ2) is 5.73. The third kappa shape index (κ3) is 3.47. The van der Waals surface area contributed by atoms with Gasteiger partial charge in [-0.1, -0.05) is 13.8 Å². The van der Waals surface area contributed by atoms with E-state index in [-0.39, 0.29) is 0 Å². The SMILES string of the molecule is CC(C)c1nc(CCOc2ccc(N)cc2)nn1C. The zero-order chi connectivity index (χ0) is 13.8. The predicted molar refractivity (Wildman–Crippen MR) is 75.1 cm³/mol. The number of nitrogens with zero attached hydrogens (tertiary/aromatic N) is 3. The standard InChI is InChI=1S/C14H20N4O/c1-10(2)14-16-13(17-18(14)3)8-9-19-12-6-4-11(15)5-7-12/h4-7,10H,8-9,15H2,1-3H3. The highest BCUT2D eigenvalue weighted by atomic mass is 16.5. The van der Waals surface area contributed by atoms with Gasteiger partial charge >= 0.3 is 0 Å². The van der Waals surface area contributed by atoms with Crippen LogP contribution >= 0.6 is 0 Å². The lowest BCUT2D eigenvalue weighted by molar-refractivity contribution is 0.319. The fourth-order valence-electron chi connectivity index (χ4n) is 1.88. The summed E-state index contributed by atoms with van der Waals surface area (Å²) in [5, 5.41) is 4.38. The first-order chi connectivity index (χ1) is 9.06. The average molecular weight is 260 g/mol. The van der Waals surface area contributed by atoms with Gasteiger partial charge in [0.05, 0.1) is 6.61 Å². The summed E-state index contributed by atoms with van der Waals surface area (Å²) < 4.78 is 7.47. The lowest BCUT2D eigenvalue weighted by Crippen LogP contribution is -2.03. The maximum atomic E-state index is 5.63. The summed E-state index contributed by atoms with van der Waals surface area (Å²) in [4.78, 5) is 4.51. The number of aryl methyl sites for hydroxylation is 1. The third-order valence-corrected chi connectivity index (χ3v) is 2.83. The largest absolute Gasteiger partial charge is 0.493 e. The molecule has 0 atom stereocenters. The van der Waals surface area contributed by atoms with E-state index in [2.05, 4.69) is 23.9 Å². The van der Waals surface area contributed by atoms with Gasteiger partial charge in [0.1, 0.15) is 11.6 Å². The Morgan fingerprint density at radius 3 is 2.53 bits per heavy atom. The van der Waals surface area contributed by atoms with Crippen LogP contribution in [0, 0.1) is 0 Å². The minimum absolute atomic E-state index is 0.379. The molecule has 0 aliphatic heterocycles. The lowest BCUT2D eigenvalue weighted by Gasteiger charge is -2.04. The Morgan fingerprint density at radius 2 is 1.95 bits per heavy atom. The number of rotatable bonds is 5. The Bertz CT molecular complexity index is 531. The molecule has 1 aromatic carbocycles. The summed E-state index contributed by atoms with van der Waals surface area (Å²) in [6.07, 6.45) is 0.699. The molecule has 0 bridgehead atoms. The van der Waals surface area contributed by atoms with E-state index in [4.69, 9.17) is 10.5 Å². The van der Waals surface area contributed by atoms with E-state index in [0.717, 1.165) is 23.1 Å². The molecule has 0 fully saturated rings. The van der Waals surface area contributed by atoms with Crippen molar-refractivity contribution in [1.29, 1.82) is 0 Å². The normalized spacial score (nSPS) is 10.9. The van der Waals surface area contributed by atoms with Crippen molar-refractivity contribution in [2.45, 2.75) is 26.2 Å². The second-order valence-electron chi connectivity index (χ2n) is 4.83. The monoisotopic (exact) mass is 260 g/mol. The van der Waals surface area contributed by atoms with E-state index in [1.165, 1.54) is 0 Å². The van der Waals surface area contributed by atoms with Crippen LogP contribution in [-0.2, 0) is 13.5 Å². The highest BCUT2D eigenvalue weighted by molar-refractivity contribution is 5.41. The number of nitrogen functional groups attached to an aromatic ring is 1. The van der Waals surface area contributed by atoms with Crippen LogP contribution in [0.1, 0.15) is 31.4 Å². The molecule has 0 spiro atoms. The Hall–Kier alpha value is -2.04. The molecular weight excluding hydrogens is 240 g/mol. The molecular formula is C14H20N4O. The van der Waals surface area contributed by atoms with Crippen molar-refractivity contribution in [3.63, 3.8) is 0 Å². The molecule has 5 nitrogen and oxygen atoms in total. The molecule has 2 N–H and O–H groups in total. The van der Waals surface area contributed by atoms with Gasteiger partial charge in [-0.05, 0) is 24.3 Å². The van der Waals surface area contributed by atoms with Gasteiger partial charge in [-0.25, -0.2) is 4.98 Å². The summed E-state index contributed by atoms with van der Waals surface area (Å²) in [6, 6.07) is 7.37. The zero-order valence-corrected chi connectivity index (χ0v) is 11.6. The first-order valence-corrected chi connectivity index (χ1v) is 6.44. The molecule has 5 heteroatoms. The van der Waals surface area contributed by atoms with E-state index in [0.29, 0.717) is 18.9 Å². The molecule has 1 heterocycles. The Balaban J connectivity index is 1.89. The average Bonchev–Trinajstić information content (AvgIpc) is 2.73. The molecule has 1 aromatic heterocycles. The van der Waals surface area contributed by atoms with E-state index in [1.54, 1.807) is 0 Å². The molecule has 0 radical (unpaired) electrons. The van der Waals surface area contributed by atoms with E-state index in [9.17, 15) is 0 Å². The molecule has 2 rings (SSSR count). The van der Waals surface area contributed by atoms with Crippen LogP contribution in [0.4, 0.5) is 5.69 Å². The number of hydrogen-bond acceptors (Lipinski definition) is 4. The highest BCUT2D eigenvalue weighted by Crippen LogP contribution is 2.14. The first-order valence-electron chi connectivity index (χ1n) is 6.44. The van der Waals surface area contributed by atoms with Crippen LogP contribution in [0.25, 0.3) is 0 Å². The van der Waals surface area contributed by atoms with Gasteiger partial charge in [-0.2, -0.15) is 5.10 Å². The van der Waals surface area contributed by atoms with Crippen molar-refractivity contribution >= 4 is 5.69 Å². The predicted octanol–water partition coefficient (Wildman–Crippen LogP) is 2.14. The van der Waals surface area contributed by atoms with Gasteiger partial charge in [0.25, 0.3) is 0 Å². The molecule has 102 valence electrons. The minimum atomic E-state index is 0.379. The summed E-state index contributed by atoms with van der Waals surface area (Å²) in [6.45, 7) is 4.78. The van der Waals surface area contributed by atoms with E-state index < -0.39 is 0 Å². The number of benzene rings is 1. The maximum absolute atomic E-state index is 5.63. The summed E-state index contributed by atoms with van der Waals surface area (Å²) >= 11 is 0. The summed E-state index contributed by atoms with van der Waals surface area (Å²) in [7, 11) is 1.92. The molecule has 19 heavy (non-hydrogen) atoms. The van der Waals surface area contributed by atoms with Crippen LogP contribution < -0.4 is 10.5 Å². The topological polar surface area (TPSA) is 66.0 Å². The first kappa shape index (κ1) is 13.4.